The Labute approximate surface area is 132 Å². The highest BCUT2D eigenvalue weighted by molar-refractivity contribution is 5.85. The Hall–Kier alpha value is -1.32. The lowest BCUT2D eigenvalue weighted by atomic mass is 9.76. The van der Waals surface area contributed by atoms with E-state index in [0.717, 1.165) is 18.8 Å². The minimum atomic E-state index is 0.159. The van der Waals surface area contributed by atoms with E-state index in [1.165, 1.54) is 54.6 Å². The standard InChI is InChI=1S/C19H27N3/c1-2-5-16(20)18-14-6-3-4-7-17(14)21-19(18)15-12-22-10-8-13(15)9-11-22/h3-4,6-7,13,15-16,21H,2,5,8-12,20H2,1H3. The lowest BCUT2D eigenvalue weighted by Crippen LogP contribution is -2.46. The van der Waals surface area contributed by atoms with Crippen molar-refractivity contribution in [3.63, 3.8) is 0 Å². The summed E-state index contributed by atoms with van der Waals surface area (Å²) in [5.74, 6) is 1.48. The molecule has 3 aliphatic rings. The van der Waals surface area contributed by atoms with Crippen LogP contribution in [0.3, 0.4) is 0 Å². The van der Waals surface area contributed by atoms with E-state index in [2.05, 4.69) is 41.1 Å². The van der Waals surface area contributed by atoms with Gasteiger partial charge >= 0.3 is 0 Å². The molecule has 0 radical (unpaired) electrons. The number of piperidine rings is 3. The monoisotopic (exact) mass is 297 g/mol. The van der Waals surface area contributed by atoms with Crippen LogP contribution in [-0.2, 0) is 0 Å². The summed E-state index contributed by atoms with van der Waals surface area (Å²) < 4.78 is 0. The lowest BCUT2D eigenvalue weighted by Gasteiger charge is -2.45. The molecule has 3 nitrogen and oxygen atoms in total. The van der Waals surface area contributed by atoms with E-state index < -0.39 is 0 Å². The SMILES string of the molecule is CCCC(N)c1c(C2CN3CCC2CC3)[nH]c2ccccc12. The van der Waals surface area contributed by atoms with Gasteiger partial charge < -0.3 is 15.6 Å². The number of aromatic nitrogens is 1. The summed E-state index contributed by atoms with van der Waals surface area (Å²) in [4.78, 5) is 6.38. The molecule has 3 heteroatoms. The number of H-pyrrole nitrogens is 1. The van der Waals surface area contributed by atoms with Crippen molar-refractivity contribution < 1.29 is 0 Å². The molecule has 22 heavy (non-hydrogen) atoms. The van der Waals surface area contributed by atoms with Crippen LogP contribution in [0.1, 0.15) is 55.8 Å². The van der Waals surface area contributed by atoms with E-state index >= 15 is 0 Å². The van der Waals surface area contributed by atoms with Crippen molar-refractivity contribution in [2.75, 3.05) is 19.6 Å². The summed E-state index contributed by atoms with van der Waals surface area (Å²) >= 11 is 0. The highest BCUT2D eigenvalue weighted by Gasteiger charge is 2.37. The Morgan fingerprint density at radius 1 is 1.27 bits per heavy atom. The van der Waals surface area contributed by atoms with Crippen LogP contribution < -0.4 is 5.73 Å². The molecule has 118 valence electrons. The van der Waals surface area contributed by atoms with Gasteiger partial charge in [0, 0.05) is 35.1 Å². The molecule has 1 aromatic heterocycles. The smallest absolute Gasteiger partial charge is 0.0459 e. The minimum Gasteiger partial charge on any atom is -0.358 e. The lowest BCUT2D eigenvalue weighted by molar-refractivity contribution is 0.0852. The predicted octanol–water partition coefficient (Wildman–Crippen LogP) is 3.78. The fraction of sp³-hybridized carbons (Fsp3) is 0.579. The number of rotatable bonds is 4. The van der Waals surface area contributed by atoms with Crippen molar-refractivity contribution >= 4 is 10.9 Å². The zero-order valence-electron chi connectivity index (χ0n) is 13.5. The van der Waals surface area contributed by atoms with Crippen molar-refractivity contribution in [1.82, 2.24) is 9.88 Å². The number of nitrogens with zero attached hydrogens (tertiary/aromatic N) is 1. The number of aromatic amines is 1. The van der Waals surface area contributed by atoms with E-state index in [9.17, 15) is 0 Å². The van der Waals surface area contributed by atoms with E-state index in [1.54, 1.807) is 0 Å². The molecule has 3 aliphatic heterocycles. The van der Waals surface area contributed by atoms with Gasteiger partial charge in [-0.05, 0) is 49.9 Å². The average Bonchev–Trinajstić information content (AvgIpc) is 2.95. The third kappa shape index (κ3) is 2.27. The average molecular weight is 297 g/mol. The van der Waals surface area contributed by atoms with Gasteiger partial charge in [-0.15, -0.1) is 0 Å². The van der Waals surface area contributed by atoms with Gasteiger partial charge in [-0.1, -0.05) is 31.5 Å². The molecule has 2 unspecified atom stereocenters. The predicted molar refractivity (Wildman–Crippen MR) is 92.0 cm³/mol. The number of benzene rings is 1. The number of nitrogens with two attached hydrogens (primary N) is 1. The van der Waals surface area contributed by atoms with Gasteiger partial charge in [-0.3, -0.25) is 0 Å². The van der Waals surface area contributed by atoms with Gasteiger partial charge in [0.25, 0.3) is 0 Å². The maximum atomic E-state index is 6.59. The normalized spacial score (nSPS) is 29.1. The van der Waals surface area contributed by atoms with Crippen molar-refractivity contribution in [3.05, 3.63) is 35.5 Å². The Morgan fingerprint density at radius 3 is 2.73 bits per heavy atom. The maximum absolute atomic E-state index is 6.59. The summed E-state index contributed by atoms with van der Waals surface area (Å²) in [5, 5.41) is 1.34. The second kappa shape index (κ2) is 5.71. The molecule has 0 amide bonds. The highest BCUT2D eigenvalue weighted by atomic mass is 15.1. The van der Waals surface area contributed by atoms with Crippen LogP contribution in [-0.4, -0.2) is 29.5 Å². The van der Waals surface area contributed by atoms with E-state index in [0.29, 0.717) is 5.92 Å². The van der Waals surface area contributed by atoms with Crippen LogP contribution in [0.5, 0.6) is 0 Å². The van der Waals surface area contributed by atoms with Gasteiger partial charge in [-0.25, -0.2) is 0 Å². The molecule has 3 N–H and O–H groups in total. The third-order valence-corrected chi connectivity index (χ3v) is 5.77. The highest BCUT2D eigenvalue weighted by Crippen LogP contribution is 2.43. The molecule has 0 spiro atoms. The van der Waals surface area contributed by atoms with Crippen molar-refractivity contribution in [2.45, 2.75) is 44.6 Å². The third-order valence-electron chi connectivity index (χ3n) is 5.77. The Morgan fingerprint density at radius 2 is 2.05 bits per heavy atom. The molecule has 2 aromatic rings. The summed E-state index contributed by atoms with van der Waals surface area (Å²) in [5.41, 5.74) is 10.7. The maximum Gasteiger partial charge on any atom is 0.0459 e. The topological polar surface area (TPSA) is 45.0 Å². The molecule has 0 aliphatic carbocycles. The van der Waals surface area contributed by atoms with Crippen LogP contribution >= 0.6 is 0 Å². The molecule has 2 bridgehead atoms. The first-order valence-electron chi connectivity index (χ1n) is 8.86. The molecule has 2 atom stereocenters. The van der Waals surface area contributed by atoms with E-state index in [1.807, 2.05) is 0 Å². The Balaban J connectivity index is 1.80. The van der Waals surface area contributed by atoms with Gasteiger partial charge in [-0.2, -0.15) is 0 Å². The van der Waals surface area contributed by atoms with Gasteiger partial charge in [0.2, 0.25) is 0 Å². The van der Waals surface area contributed by atoms with Crippen LogP contribution in [0.2, 0.25) is 0 Å². The Kier molecular flexibility index (Phi) is 3.71. The molecule has 1 aromatic carbocycles. The molecule has 5 rings (SSSR count). The first-order valence-corrected chi connectivity index (χ1v) is 8.86. The van der Waals surface area contributed by atoms with Gasteiger partial charge in [0.05, 0.1) is 0 Å². The summed E-state index contributed by atoms with van der Waals surface area (Å²) in [6.07, 6.45) is 4.90. The number of hydrogen-bond acceptors (Lipinski definition) is 2. The van der Waals surface area contributed by atoms with Crippen molar-refractivity contribution in [1.29, 1.82) is 0 Å². The number of hydrogen-bond donors (Lipinski definition) is 2. The fourth-order valence-electron chi connectivity index (χ4n) is 4.62. The first-order chi connectivity index (χ1) is 10.8. The Bertz CT molecular complexity index is 652. The summed E-state index contributed by atoms with van der Waals surface area (Å²) in [6, 6.07) is 8.85. The number of para-hydroxylation sites is 1. The molecule has 4 heterocycles. The fourth-order valence-corrected chi connectivity index (χ4v) is 4.62. The summed E-state index contributed by atoms with van der Waals surface area (Å²) in [6.45, 7) is 6.02. The molecular formula is C19H27N3. The van der Waals surface area contributed by atoms with E-state index in [-0.39, 0.29) is 6.04 Å². The zero-order valence-corrected chi connectivity index (χ0v) is 13.5. The van der Waals surface area contributed by atoms with Crippen LogP contribution in [0.4, 0.5) is 0 Å². The van der Waals surface area contributed by atoms with Crippen LogP contribution in [0.25, 0.3) is 10.9 Å². The van der Waals surface area contributed by atoms with E-state index in [4.69, 9.17) is 5.73 Å². The van der Waals surface area contributed by atoms with Crippen LogP contribution in [0.15, 0.2) is 24.3 Å². The summed E-state index contributed by atoms with van der Waals surface area (Å²) in [7, 11) is 0. The zero-order chi connectivity index (χ0) is 15.1. The molecule has 3 saturated heterocycles. The number of nitrogens with one attached hydrogen (secondary N) is 1. The largest absolute Gasteiger partial charge is 0.358 e. The molecule has 0 saturated carbocycles. The number of fused-ring (bicyclic) bond motifs is 4. The molecule has 3 fully saturated rings. The first kappa shape index (κ1) is 14.3. The molecular weight excluding hydrogens is 270 g/mol. The quantitative estimate of drug-likeness (QED) is 0.902. The van der Waals surface area contributed by atoms with Crippen molar-refractivity contribution in [3.8, 4) is 0 Å². The van der Waals surface area contributed by atoms with Gasteiger partial charge in [0.15, 0.2) is 0 Å². The van der Waals surface area contributed by atoms with Crippen molar-refractivity contribution in [2.24, 2.45) is 11.7 Å². The van der Waals surface area contributed by atoms with Crippen LogP contribution in [0, 0.1) is 5.92 Å². The second-order valence-corrected chi connectivity index (χ2v) is 7.14. The minimum absolute atomic E-state index is 0.159. The second-order valence-electron chi connectivity index (χ2n) is 7.14. The van der Waals surface area contributed by atoms with Gasteiger partial charge in [0.1, 0.15) is 0 Å².